The van der Waals surface area contributed by atoms with Crippen LogP contribution in [0.2, 0.25) is 0 Å². The summed E-state index contributed by atoms with van der Waals surface area (Å²) in [5, 5.41) is 12.2. The average molecular weight is 606 g/mol. The van der Waals surface area contributed by atoms with Crippen LogP contribution in [0.3, 0.4) is 0 Å². The van der Waals surface area contributed by atoms with E-state index < -0.39 is 0 Å². The molecular weight excluding hydrogens is 574 g/mol. The molecule has 1 aliphatic heterocycles. The molecule has 2 atom stereocenters. The first kappa shape index (κ1) is 27.3. The van der Waals surface area contributed by atoms with E-state index in [0.29, 0.717) is 0 Å². The van der Waals surface area contributed by atoms with Crippen molar-refractivity contribution in [2.24, 2.45) is 4.99 Å². The molecule has 2 aromatic heterocycles. The van der Waals surface area contributed by atoms with Crippen LogP contribution in [0, 0.1) is 0 Å². The van der Waals surface area contributed by atoms with Crippen molar-refractivity contribution in [2.45, 2.75) is 12.3 Å². The van der Waals surface area contributed by atoms with E-state index in [2.05, 4.69) is 161 Å². The van der Waals surface area contributed by atoms with Gasteiger partial charge >= 0.3 is 0 Å². The van der Waals surface area contributed by atoms with Crippen LogP contribution in [0.4, 0.5) is 0 Å². The Balaban J connectivity index is 1.22. The number of aromatic nitrogens is 2. The summed E-state index contributed by atoms with van der Waals surface area (Å²) in [6.07, 6.45) is -0.352. The van der Waals surface area contributed by atoms with Crippen molar-refractivity contribution >= 4 is 38.4 Å². The lowest BCUT2D eigenvalue weighted by Gasteiger charge is -2.31. The zero-order valence-corrected chi connectivity index (χ0v) is 25.6. The van der Waals surface area contributed by atoms with E-state index in [1.165, 1.54) is 32.7 Å². The zero-order valence-electron chi connectivity index (χ0n) is 25.6. The number of pyridine rings is 1. The monoisotopic (exact) mass is 605 g/mol. The first-order valence-electron chi connectivity index (χ1n) is 16.0. The molecule has 6 aromatic carbocycles. The molecule has 8 aromatic rings. The molecule has 224 valence electrons. The maximum absolute atomic E-state index is 5.30. The maximum Gasteiger partial charge on any atom is 0.150 e. The third kappa shape index (κ3) is 4.85. The Morgan fingerprint density at radius 3 is 2.04 bits per heavy atom. The van der Waals surface area contributed by atoms with Crippen LogP contribution in [-0.4, -0.2) is 15.4 Å². The number of aliphatic imine (C=N–C) groups is 1. The van der Waals surface area contributed by atoms with E-state index >= 15 is 0 Å². The average Bonchev–Trinajstić information content (AvgIpc) is 3.50. The molecule has 0 aliphatic carbocycles. The number of benzene rings is 6. The predicted molar refractivity (Wildman–Crippen MR) is 193 cm³/mol. The lowest BCUT2D eigenvalue weighted by atomic mass is 10.0. The van der Waals surface area contributed by atoms with Crippen molar-refractivity contribution < 1.29 is 0 Å². The highest BCUT2D eigenvalue weighted by atomic mass is 15.3. The highest BCUT2D eigenvalue weighted by Crippen LogP contribution is 2.38. The standard InChI is InChI=1S/C42H31N5/c1-4-13-28(14-5-1)32-24-25-36-34(27-32)39-33-20-11-10-15-29(33)23-26-37(39)47(36)38-22-12-21-35(43-38)42-45-40(30-16-6-2-7-17-30)44-41(46-42)31-18-8-3-9-19-31/h1-27,40-41,44H,(H,45,46). The Morgan fingerprint density at radius 1 is 0.532 bits per heavy atom. The molecule has 0 saturated carbocycles. The molecule has 9 rings (SSSR count). The van der Waals surface area contributed by atoms with Gasteiger partial charge in [0, 0.05) is 10.8 Å². The lowest BCUT2D eigenvalue weighted by Crippen LogP contribution is -2.45. The molecule has 5 nitrogen and oxygen atoms in total. The van der Waals surface area contributed by atoms with Crippen LogP contribution in [-0.2, 0) is 0 Å². The van der Waals surface area contributed by atoms with Gasteiger partial charge in [0.2, 0.25) is 0 Å². The van der Waals surface area contributed by atoms with Gasteiger partial charge in [-0.2, -0.15) is 0 Å². The van der Waals surface area contributed by atoms with E-state index in [9.17, 15) is 0 Å². The Morgan fingerprint density at radius 2 is 1.23 bits per heavy atom. The normalized spacial score (nSPS) is 16.3. The minimum absolute atomic E-state index is 0.129. The van der Waals surface area contributed by atoms with E-state index in [1.807, 2.05) is 18.2 Å². The Bertz CT molecular complexity index is 2410. The van der Waals surface area contributed by atoms with Crippen molar-refractivity contribution in [1.29, 1.82) is 0 Å². The van der Waals surface area contributed by atoms with Crippen LogP contribution in [0.1, 0.15) is 29.2 Å². The molecule has 2 N–H and O–H groups in total. The van der Waals surface area contributed by atoms with Crippen LogP contribution in [0.5, 0.6) is 0 Å². The first-order chi connectivity index (χ1) is 23.3. The molecule has 1 aliphatic rings. The summed E-state index contributed by atoms with van der Waals surface area (Å²) in [5.74, 6) is 1.60. The molecule has 47 heavy (non-hydrogen) atoms. The lowest BCUT2D eigenvalue weighted by molar-refractivity contribution is 0.408. The van der Waals surface area contributed by atoms with Crippen LogP contribution in [0.25, 0.3) is 49.5 Å². The van der Waals surface area contributed by atoms with Crippen molar-refractivity contribution in [3.63, 3.8) is 0 Å². The zero-order chi connectivity index (χ0) is 31.2. The summed E-state index contributed by atoms with van der Waals surface area (Å²) in [5.41, 5.74) is 7.67. The number of fused-ring (bicyclic) bond motifs is 5. The van der Waals surface area contributed by atoms with E-state index in [4.69, 9.17) is 9.98 Å². The third-order valence-corrected chi connectivity index (χ3v) is 9.08. The fourth-order valence-corrected chi connectivity index (χ4v) is 6.84. The Labute approximate surface area is 272 Å². The van der Waals surface area contributed by atoms with Crippen LogP contribution >= 0.6 is 0 Å². The number of nitrogens with zero attached hydrogens (tertiary/aromatic N) is 3. The van der Waals surface area contributed by atoms with Gasteiger partial charge in [-0.15, -0.1) is 0 Å². The summed E-state index contributed by atoms with van der Waals surface area (Å²) in [6, 6.07) is 57.5. The van der Waals surface area contributed by atoms with Crippen molar-refractivity contribution in [3.8, 4) is 16.9 Å². The summed E-state index contributed by atoms with van der Waals surface area (Å²) in [7, 11) is 0. The maximum atomic E-state index is 5.30. The van der Waals surface area contributed by atoms with Gasteiger partial charge in [-0.25, -0.2) is 9.98 Å². The predicted octanol–water partition coefficient (Wildman–Crippen LogP) is 9.34. The van der Waals surface area contributed by atoms with Gasteiger partial charge in [-0.3, -0.25) is 9.88 Å². The molecule has 0 radical (unpaired) electrons. The van der Waals surface area contributed by atoms with Gasteiger partial charge in [0.05, 0.1) is 11.0 Å². The van der Waals surface area contributed by atoms with Gasteiger partial charge in [-0.05, 0) is 63.4 Å². The second-order valence-corrected chi connectivity index (χ2v) is 11.9. The molecule has 3 heterocycles. The summed E-state index contributed by atoms with van der Waals surface area (Å²) >= 11 is 0. The smallest absolute Gasteiger partial charge is 0.150 e. The first-order valence-corrected chi connectivity index (χ1v) is 16.0. The van der Waals surface area contributed by atoms with E-state index in [0.717, 1.165) is 39.5 Å². The second-order valence-electron chi connectivity index (χ2n) is 11.9. The van der Waals surface area contributed by atoms with Crippen molar-refractivity contribution in [2.75, 3.05) is 0 Å². The quantitative estimate of drug-likeness (QED) is 0.206. The molecule has 0 bridgehead atoms. The SMILES string of the molecule is c1ccc(-c2ccc3c(c2)c2c4ccccc4ccc2n3-c2cccc(C3=NC(c4ccccc4)NC(c4ccccc4)N3)n2)cc1. The van der Waals surface area contributed by atoms with Crippen LogP contribution < -0.4 is 10.6 Å². The van der Waals surface area contributed by atoms with Gasteiger partial charge < -0.3 is 5.32 Å². The highest BCUT2D eigenvalue weighted by molar-refractivity contribution is 6.21. The number of hydrogen-bond acceptors (Lipinski definition) is 4. The third-order valence-electron chi connectivity index (χ3n) is 9.08. The van der Waals surface area contributed by atoms with Gasteiger partial charge in [0.25, 0.3) is 0 Å². The fourth-order valence-electron chi connectivity index (χ4n) is 6.84. The highest BCUT2D eigenvalue weighted by Gasteiger charge is 2.26. The molecule has 0 saturated heterocycles. The van der Waals surface area contributed by atoms with E-state index in [1.54, 1.807) is 0 Å². The Hall–Kier alpha value is -6.04. The molecule has 0 amide bonds. The molecule has 5 heteroatoms. The van der Waals surface area contributed by atoms with E-state index in [-0.39, 0.29) is 12.3 Å². The van der Waals surface area contributed by atoms with Crippen molar-refractivity contribution in [3.05, 3.63) is 181 Å². The number of nitrogens with one attached hydrogen (secondary N) is 2. The van der Waals surface area contributed by atoms with Crippen LogP contribution in [0.15, 0.2) is 169 Å². The summed E-state index contributed by atoms with van der Waals surface area (Å²) in [6.45, 7) is 0. The summed E-state index contributed by atoms with van der Waals surface area (Å²) in [4.78, 5) is 10.5. The molecule has 0 fully saturated rings. The largest absolute Gasteiger partial charge is 0.349 e. The van der Waals surface area contributed by atoms with Gasteiger partial charge in [0.1, 0.15) is 23.8 Å². The Kier molecular flexibility index (Phi) is 6.61. The topological polar surface area (TPSA) is 54.2 Å². The van der Waals surface area contributed by atoms with Gasteiger partial charge in [0.15, 0.2) is 5.84 Å². The molecule has 2 unspecified atom stereocenters. The minimum Gasteiger partial charge on any atom is -0.349 e. The number of hydrogen-bond donors (Lipinski definition) is 2. The second kappa shape index (κ2) is 11.4. The van der Waals surface area contributed by atoms with Gasteiger partial charge in [-0.1, -0.05) is 133 Å². The summed E-state index contributed by atoms with van der Waals surface area (Å²) < 4.78 is 2.29. The van der Waals surface area contributed by atoms with Crippen molar-refractivity contribution in [1.82, 2.24) is 20.2 Å². The molecular formula is C42H31N5. The minimum atomic E-state index is -0.223. The molecule has 0 spiro atoms. The number of rotatable bonds is 5. The fraction of sp³-hybridized carbons (Fsp3) is 0.0476. The number of amidine groups is 1.